The highest BCUT2D eigenvalue weighted by molar-refractivity contribution is 5.98. The summed E-state index contributed by atoms with van der Waals surface area (Å²) < 4.78 is 0. The highest BCUT2D eigenvalue weighted by Crippen LogP contribution is 2.50. The lowest BCUT2D eigenvalue weighted by Crippen LogP contribution is -2.39. The highest BCUT2D eigenvalue weighted by Gasteiger charge is 2.42. The van der Waals surface area contributed by atoms with Crippen LogP contribution in [0.2, 0.25) is 0 Å². The van der Waals surface area contributed by atoms with E-state index in [1.54, 1.807) is 5.57 Å². The molecule has 12 atom stereocenters. The molecule has 0 aromatic heterocycles. The zero-order chi connectivity index (χ0) is 55.2. The molecule has 0 bridgehead atoms. The maximum Gasteiger partial charge on any atom is 0.0646 e. The molecule has 3 nitrogen and oxygen atoms in total. The average molecular weight is 963 g/mol. The number of hydrogen-bond acceptors (Lipinski definition) is 3. The second-order valence-electron chi connectivity index (χ2n) is 22.4. The number of nitrogens with one attached hydrogen (secondary N) is 1. The van der Waals surface area contributed by atoms with Gasteiger partial charge in [-0.15, -0.1) is 26.3 Å². The van der Waals surface area contributed by atoms with Crippen molar-refractivity contribution in [1.29, 1.82) is 0 Å². The van der Waals surface area contributed by atoms with Gasteiger partial charge in [-0.3, -0.25) is 0 Å². The Hall–Kier alpha value is -2.65. The smallest absolute Gasteiger partial charge is 0.0646 e. The molecule has 3 heteroatoms. The van der Waals surface area contributed by atoms with Crippen LogP contribution in [-0.2, 0) is 0 Å². The van der Waals surface area contributed by atoms with Crippen LogP contribution in [-0.4, -0.2) is 37.9 Å². The van der Waals surface area contributed by atoms with E-state index in [4.69, 9.17) is 0 Å². The first kappa shape index (κ1) is 75.3. The molecule has 406 valence electrons. The Morgan fingerprint density at radius 3 is 1.68 bits per heavy atom. The van der Waals surface area contributed by atoms with Gasteiger partial charge in [0.25, 0.3) is 0 Å². The molecule has 1 aromatic rings. The summed E-state index contributed by atoms with van der Waals surface area (Å²) in [6, 6.07) is 10.2. The maximum absolute atomic E-state index is 4.40. The van der Waals surface area contributed by atoms with Crippen LogP contribution in [0.1, 0.15) is 217 Å². The van der Waals surface area contributed by atoms with Crippen molar-refractivity contribution in [2.45, 2.75) is 212 Å². The van der Waals surface area contributed by atoms with Crippen LogP contribution >= 0.6 is 0 Å². The summed E-state index contributed by atoms with van der Waals surface area (Å²) in [5.41, 5.74) is 5.53. The van der Waals surface area contributed by atoms with Gasteiger partial charge in [0.1, 0.15) is 0 Å². The van der Waals surface area contributed by atoms with Crippen LogP contribution in [0, 0.1) is 81.8 Å². The summed E-state index contributed by atoms with van der Waals surface area (Å²) in [6.07, 6.45) is 17.0. The van der Waals surface area contributed by atoms with Crippen LogP contribution in [0.25, 0.3) is 0 Å². The van der Waals surface area contributed by atoms with Gasteiger partial charge in [-0.05, 0) is 140 Å². The van der Waals surface area contributed by atoms with Crippen LogP contribution in [0.15, 0.2) is 97.2 Å². The number of rotatable bonds is 13. The van der Waals surface area contributed by atoms with E-state index < -0.39 is 0 Å². The third kappa shape index (κ3) is 32.1. The minimum Gasteiger partial charge on any atom is -0.310 e. The summed E-state index contributed by atoms with van der Waals surface area (Å²) in [4.78, 5) is 0. The first-order chi connectivity index (χ1) is 32.2. The zero-order valence-electron chi connectivity index (χ0n) is 52.0. The molecule has 0 aliphatic heterocycles. The number of hydrazone groups is 1. The molecule has 0 heterocycles. The highest BCUT2D eigenvalue weighted by atomic mass is 15.4. The van der Waals surface area contributed by atoms with E-state index in [0.29, 0.717) is 29.1 Å². The predicted molar refractivity (Wildman–Crippen MR) is 324 cm³/mol. The van der Waals surface area contributed by atoms with Crippen molar-refractivity contribution in [3.8, 4) is 0 Å². The molecular weight excluding hydrogens is 835 g/mol. The zero-order valence-corrected chi connectivity index (χ0v) is 52.0. The molecule has 2 rings (SSSR count). The molecule has 1 N–H and O–H groups in total. The number of benzene rings is 1. The number of hydrogen-bond donors (Lipinski definition) is 1. The molecule has 69 heavy (non-hydrogen) atoms. The standard InChI is InChI=1S/C35H65N.C11H24.C10H14N2.C4H8.2C2H6.C2H4/c1-14-17-18-20-36-21-19-33-28(7)24-34(12,15-2)31(10)27(6)22-25(4)26(5)23-29(8)35(13,16-3)32(11)30(33)9;1-8(2)7-10(5)11(6)9(3)4;1-9(11-12(2)3)10-7-5-4-6-8-10;1-4(2)3;3*1-2/h16-19,25-32,36H,3,14-15,20-24H2,1-2,4-13H3;8-11H,7H2,1-6H3;4-8H,1-3H3;1H2,2-3H3;2*1-2H3;1-2H2/b18-17+,33-19+;;11-9+;;;;. The predicted octanol–water partition coefficient (Wildman–Crippen LogP) is 20.7. The van der Waals surface area contributed by atoms with Crippen LogP contribution < -0.4 is 5.32 Å². The minimum absolute atomic E-state index is 0.126. The Balaban J connectivity index is -0.000000334. The Labute approximate surface area is 437 Å². The van der Waals surface area contributed by atoms with E-state index in [2.05, 4.69) is 198 Å². The van der Waals surface area contributed by atoms with Gasteiger partial charge in [0.2, 0.25) is 0 Å². The molecule has 12 unspecified atom stereocenters. The molecule has 1 aromatic carbocycles. The maximum atomic E-state index is 4.40. The van der Waals surface area contributed by atoms with Crippen LogP contribution in [0.5, 0.6) is 0 Å². The number of allylic oxidation sites excluding steroid dienone is 4. The van der Waals surface area contributed by atoms with Crippen molar-refractivity contribution in [2.24, 2.45) is 86.9 Å². The van der Waals surface area contributed by atoms with Gasteiger partial charge in [-0.25, -0.2) is 0 Å². The van der Waals surface area contributed by atoms with Crippen molar-refractivity contribution in [3.05, 3.63) is 97.7 Å². The fraction of sp³-hybridized carbons (Fsp3) is 0.742. The lowest BCUT2D eigenvalue weighted by atomic mass is 9.58. The molecular formula is C66H127N3. The van der Waals surface area contributed by atoms with E-state index in [0.717, 1.165) is 72.6 Å². The molecule has 1 saturated carbocycles. The second kappa shape index (κ2) is 43.0. The van der Waals surface area contributed by atoms with E-state index in [1.807, 2.05) is 85.8 Å². The normalized spacial score (nSPS) is 27.8. The van der Waals surface area contributed by atoms with Crippen LogP contribution in [0.4, 0.5) is 0 Å². The number of nitrogens with zero attached hydrogens (tertiary/aromatic N) is 2. The largest absolute Gasteiger partial charge is 0.310 e. The van der Waals surface area contributed by atoms with Gasteiger partial charge in [0.15, 0.2) is 0 Å². The molecule has 0 saturated heterocycles. The quantitative estimate of drug-likeness (QED) is 0.0923. The lowest BCUT2D eigenvalue weighted by molar-refractivity contribution is 0.0700. The summed E-state index contributed by atoms with van der Waals surface area (Å²) in [5, 5.41) is 9.75. The Bertz CT molecular complexity index is 1440. The van der Waals surface area contributed by atoms with E-state index >= 15 is 0 Å². The van der Waals surface area contributed by atoms with Crippen molar-refractivity contribution < 1.29 is 0 Å². The molecule has 0 radical (unpaired) electrons. The Kier molecular flexibility index (Phi) is 46.9. The first-order valence-electron chi connectivity index (χ1n) is 28.3. The van der Waals surface area contributed by atoms with E-state index in [1.165, 1.54) is 43.2 Å². The SMILES string of the molecule is C/C(=N\N(C)C)c1ccccc1.C=C.C=C(C)C.C=CC1(C)C(C)CC(C)C(C)CC(C)C(C)C(C)(CC)CC(C)/C(=C\CNC/C=C/CC)C(C)C1C.CC.CC.CC(C)CC(C)C(C)C(C)C. The summed E-state index contributed by atoms with van der Waals surface area (Å²) in [5.74, 6) is 8.70. The van der Waals surface area contributed by atoms with Gasteiger partial charge in [-0.1, -0.05) is 225 Å². The average Bonchev–Trinajstić information content (AvgIpc) is 3.31. The van der Waals surface area contributed by atoms with Crippen molar-refractivity contribution in [1.82, 2.24) is 10.3 Å². The first-order valence-corrected chi connectivity index (χ1v) is 28.3. The van der Waals surface area contributed by atoms with Gasteiger partial charge in [0.05, 0.1) is 5.71 Å². The fourth-order valence-corrected chi connectivity index (χ4v) is 9.98. The molecule has 0 amide bonds. The Morgan fingerprint density at radius 2 is 1.26 bits per heavy atom. The van der Waals surface area contributed by atoms with Gasteiger partial charge in [0, 0.05) is 27.2 Å². The monoisotopic (exact) mass is 962 g/mol. The lowest BCUT2D eigenvalue weighted by Gasteiger charge is -2.47. The topological polar surface area (TPSA) is 27.6 Å². The van der Waals surface area contributed by atoms with Crippen molar-refractivity contribution >= 4 is 5.71 Å². The van der Waals surface area contributed by atoms with Gasteiger partial charge < -0.3 is 10.3 Å². The minimum atomic E-state index is 0.126. The molecule has 0 spiro atoms. The van der Waals surface area contributed by atoms with Crippen molar-refractivity contribution in [3.63, 3.8) is 0 Å². The molecule has 1 aliphatic carbocycles. The van der Waals surface area contributed by atoms with E-state index in [-0.39, 0.29) is 5.41 Å². The van der Waals surface area contributed by atoms with Gasteiger partial charge in [-0.2, -0.15) is 5.10 Å². The van der Waals surface area contributed by atoms with Gasteiger partial charge >= 0.3 is 0 Å². The summed E-state index contributed by atoms with van der Waals surface area (Å²) >= 11 is 0. The summed E-state index contributed by atoms with van der Waals surface area (Å²) in [6.45, 7) is 73.7. The third-order valence-corrected chi connectivity index (χ3v) is 15.8. The van der Waals surface area contributed by atoms with Crippen molar-refractivity contribution in [2.75, 3.05) is 27.2 Å². The second-order valence-corrected chi connectivity index (χ2v) is 22.4. The molecule has 1 aliphatic rings. The fourth-order valence-electron chi connectivity index (χ4n) is 9.98. The van der Waals surface area contributed by atoms with Crippen LogP contribution in [0.3, 0.4) is 0 Å². The Morgan fingerprint density at radius 1 is 0.768 bits per heavy atom. The molecule has 1 fully saturated rings. The summed E-state index contributed by atoms with van der Waals surface area (Å²) in [7, 11) is 3.85. The van der Waals surface area contributed by atoms with E-state index in [9.17, 15) is 0 Å². The third-order valence-electron chi connectivity index (χ3n) is 15.8.